The summed E-state index contributed by atoms with van der Waals surface area (Å²) in [7, 11) is 1.62. The van der Waals surface area contributed by atoms with Crippen LogP contribution in [0, 0.1) is 6.92 Å². The molecule has 0 aliphatic rings. The van der Waals surface area contributed by atoms with E-state index in [1.54, 1.807) is 20.2 Å². The molecule has 0 amide bonds. The molecule has 1 N–H and O–H groups in total. The summed E-state index contributed by atoms with van der Waals surface area (Å²) in [6.45, 7) is 4.76. The van der Waals surface area contributed by atoms with Gasteiger partial charge in [0.1, 0.15) is 28.4 Å². The van der Waals surface area contributed by atoms with Gasteiger partial charge in [0.25, 0.3) is 5.56 Å². The molecule has 4 rings (SSSR count). The van der Waals surface area contributed by atoms with E-state index in [2.05, 4.69) is 22.0 Å². The van der Waals surface area contributed by atoms with E-state index in [-0.39, 0.29) is 5.56 Å². The van der Waals surface area contributed by atoms with E-state index in [9.17, 15) is 4.79 Å². The zero-order chi connectivity index (χ0) is 25.3. The number of hydrogen-bond donors (Lipinski definition) is 1. The van der Waals surface area contributed by atoms with Crippen LogP contribution >= 0.6 is 0 Å². The maximum atomic E-state index is 13.1. The van der Waals surface area contributed by atoms with E-state index in [4.69, 9.17) is 9.47 Å². The highest BCUT2D eigenvalue weighted by Crippen LogP contribution is 2.26. The topological polar surface area (TPSA) is 81.5 Å². The number of methoxy groups -OCH3 is 1. The van der Waals surface area contributed by atoms with Gasteiger partial charge in [-0.25, -0.2) is 4.98 Å². The Morgan fingerprint density at radius 2 is 1.67 bits per heavy atom. The third-order valence-corrected chi connectivity index (χ3v) is 6.43. The summed E-state index contributed by atoms with van der Waals surface area (Å²) in [5, 5.41) is 5.26. The molecule has 0 spiro atoms. The second-order valence-electron chi connectivity index (χ2n) is 9.17. The van der Waals surface area contributed by atoms with Gasteiger partial charge in [-0.3, -0.25) is 4.79 Å². The van der Waals surface area contributed by atoms with Crippen molar-refractivity contribution >= 4 is 28.2 Å². The molecule has 0 aliphatic carbocycles. The molecule has 0 saturated carbocycles. The summed E-state index contributed by atoms with van der Waals surface area (Å²) >= 11 is 0. The molecule has 0 aliphatic heterocycles. The van der Waals surface area contributed by atoms with Crippen LogP contribution in [0.4, 0.5) is 0 Å². The number of aryl methyl sites for hydroxylation is 1. The number of aromatic amines is 1. The molecule has 2 heterocycles. The standard InChI is InChI=1S/C29H36N4O3/c1-4-5-6-7-8-9-10-11-18-36-23-14-12-22(13-15-23)20-30-33-21(2)31-27-25-19-24(35-3)16-17-26(25)32-28(27)29(33)34/h12-17,19-20,32H,4-11,18H2,1-3H3/b30-20-. The second kappa shape index (κ2) is 12.4. The number of nitrogens with one attached hydrogen (secondary N) is 1. The van der Waals surface area contributed by atoms with Crippen molar-refractivity contribution in [3.63, 3.8) is 0 Å². The summed E-state index contributed by atoms with van der Waals surface area (Å²) in [5.41, 5.74) is 2.51. The largest absolute Gasteiger partial charge is 0.497 e. The number of H-pyrrole nitrogens is 1. The quantitative estimate of drug-likeness (QED) is 0.170. The fraction of sp³-hybridized carbons (Fsp3) is 0.414. The second-order valence-corrected chi connectivity index (χ2v) is 9.17. The van der Waals surface area contributed by atoms with E-state index in [0.29, 0.717) is 16.9 Å². The number of rotatable bonds is 13. The van der Waals surface area contributed by atoms with E-state index in [0.717, 1.165) is 41.0 Å². The number of nitrogens with zero attached hydrogens (tertiary/aromatic N) is 3. The Hall–Kier alpha value is -3.61. The minimum atomic E-state index is -0.241. The van der Waals surface area contributed by atoms with Crippen LogP contribution in [0.25, 0.3) is 21.9 Å². The summed E-state index contributed by atoms with van der Waals surface area (Å²) in [6.07, 6.45) is 11.9. The minimum Gasteiger partial charge on any atom is -0.497 e. The van der Waals surface area contributed by atoms with Crippen LogP contribution in [0.1, 0.15) is 69.7 Å². The summed E-state index contributed by atoms with van der Waals surface area (Å²) in [6, 6.07) is 13.4. The molecule has 4 aromatic rings. The van der Waals surface area contributed by atoms with Crippen molar-refractivity contribution in [2.75, 3.05) is 13.7 Å². The van der Waals surface area contributed by atoms with Gasteiger partial charge in [-0.05, 0) is 61.4 Å². The molecule has 0 radical (unpaired) electrons. The summed E-state index contributed by atoms with van der Waals surface area (Å²) < 4.78 is 12.5. The molecule has 0 saturated heterocycles. The SMILES string of the molecule is CCCCCCCCCCOc1ccc(/C=N\n2c(C)nc3c([nH]c4ccc(OC)cc43)c2=O)cc1. The molecular formula is C29H36N4O3. The molecular weight excluding hydrogens is 452 g/mol. The number of aromatic nitrogens is 3. The number of hydrogen-bond acceptors (Lipinski definition) is 5. The van der Waals surface area contributed by atoms with Crippen molar-refractivity contribution in [1.82, 2.24) is 14.6 Å². The van der Waals surface area contributed by atoms with Crippen LogP contribution < -0.4 is 15.0 Å². The third-order valence-electron chi connectivity index (χ3n) is 6.43. The first-order chi connectivity index (χ1) is 17.6. The van der Waals surface area contributed by atoms with Crippen molar-refractivity contribution in [3.05, 3.63) is 64.2 Å². The Morgan fingerprint density at radius 3 is 2.39 bits per heavy atom. The van der Waals surface area contributed by atoms with Gasteiger partial charge in [0.15, 0.2) is 0 Å². The highest BCUT2D eigenvalue weighted by molar-refractivity contribution is 6.05. The zero-order valence-corrected chi connectivity index (χ0v) is 21.5. The first kappa shape index (κ1) is 25.5. The van der Waals surface area contributed by atoms with Gasteiger partial charge >= 0.3 is 0 Å². The monoisotopic (exact) mass is 488 g/mol. The van der Waals surface area contributed by atoms with E-state index in [1.807, 2.05) is 42.5 Å². The van der Waals surface area contributed by atoms with Crippen LogP contribution in [0.2, 0.25) is 0 Å². The predicted octanol–water partition coefficient (Wildman–Crippen LogP) is 6.60. The molecule has 0 unspecified atom stereocenters. The molecule has 0 fully saturated rings. The molecule has 7 heteroatoms. The predicted molar refractivity (Wildman–Crippen MR) is 147 cm³/mol. The van der Waals surface area contributed by atoms with Crippen LogP contribution in [0.5, 0.6) is 11.5 Å². The van der Waals surface area contributed by atoms with Crippen LogP contribution in [0.15, 0.2) is 52.4 Å². The fourth-order valence-corrected chi connectivity index (χ4v) is 4.35. The average Bonchev–Trinajstić information content (AvgIpc) is 3.26. The third kappa shape index (κ3) is 6.14. The van der Waals surface area contributed by atoms with E-state index in [1.165, 1.54) is 49.6 Å². The summed E-state index contributed by atoms with van der Waals surface area (Å²) in [4.78, 5) is 20.9. The maximum absolute atomic E-state index is 13.1. The Morgan fingerprint density at radius 1 is 0.972 bits per heavy atom. The van der Waals surface area contributed by atoms with Crippen molar-refractivity contribution in [1.29, 1.82) is 0 Å². The van der Waals surface area contributed by atoms with Crippen molar-refractivity contribution in [2.24, 2.45) is 5.10 Å². The van der Waals surface area contributed by atoms with Gasteiger partial charge in [0, 0.05) is 10.9 Å². The lowest BCUT2D eigenvalue weighted by Gasteiger charge is -2.07. The molecule has 0 bridgehead atoms. The van der Waals surface area contributed by atoms with Gasteiger partial charge in [-0.1, -0.05) is 51.9 Å². The molecule has 190 valence electrons. The van der Waals surface area contributed by atoms with Crippen molar-refractivity contribution in [2.45, 2.75) is 65.2 Å². The molecule has 2 aromatic heterocycles. The lowest BCUT2D eigenvalue weighted by atomic mass is 10.1. The highest BCUT2D eigenvalue weighted by Gasteiger charge is 2.14. The number of ether oxygens (including phenoxy) is 2. The Kier molecular flexibility index (Phi) is 8.76. The number of benzene rings is 2. The lowest BCUT2D eigenvalue weighted by Crippen LogP contribution is -2.20. The first-order valence-corrected chi connectivity index (χ1v) is 13.0. The van der Waals surface area contributed by atoms with E-state index >= 15 is 0 Å². The Balaban J connectivity index is 1.36. The lowest BCUT2D eigenvalue weighted by molar-refractivity contribution is 0.304. The molecule has 36 heavy (non-hydrogen) atoms. The Bertz CT molecular complexity index is 1370. The number of fused-ring (bicyclic) bond motifs is 3. The van der Waals surface area contributed by atoms with Crippen molar-refractivity contribution < 1.29 is 9.47 Å². The van der Waals surface area contributed by atoms with Gasteiger partial charge < -0.3 is 14.5 Å². The van der Waals surface area contributed by atoms with E-state index < -0.39 is 0 Å². The average molecular weight is 489 g/mol. The van der Waals surface area contributed by atoms with Crippen LogP contribution in [-0.2, 0) is 0 Å². The van der Waals surface area contributed by atoms with Crippen LogP contribution in [-0.4, -0.2) is 34.6 Å². The maximum Gasteiger partial charge on any atom is 0.298 e. The van der Waals surface area contributed by atoms with Gasteiger partial charge in [0.2, 0.25) is 0 Å². The fourth-order valence-electron chi connectivity index (χ4n) is 4.35. The van der Waals surface area contributed by atoms with Gasteiger partial charge in [-0.15, -0.1) is 0 Å². The molecule has 2 aromatic carbocycles. The normalized spacial score (nSPS) is 11.6. The number of unbranched alkanes of at least 4 members (excludes halogenated alkanes) is 7. The minimum absolute atomic E-state index is 0.241. The molecule has 0 atom stereocenters. The van der Waals surface area contributed by atoms with Crippen molar-refractivity contribution in [3.8, 4) is 11.5 Å². The van der Waals surface area contributed by atoms with Crippen LogP contribution in [0.3, 0.4) is 0 Å². The van der Waals surface area contributed by atoms with Gasteiger partial charge in [0.05, 0.1) is 19.9 Å². The first-order valence-electron chi connectivity index (χ1n) is 13.0. The Labute approximate surface area is 212 Å². The smallest absolute Gasteiger partial charge is 0.298 e. The van der Waals surface area contributed by atoms with Gasteiger partial charge in [-0.2, -0.15) is 9.78 Å². The molecule has 7 nitrogen and oxygen atoms in total. The summed E-state index contributed by atoms with van der Waals surface area (Å²) in [5.74, 6) is 2.08. The zero-order valence-electron chi connectivity index (χ0n) is 21.5. The highest BCUT2D eigenvalue weighted by atomic mass is 16.5.